The van der Waals surface area contributed by atoms with Gasteiger partial charge in [-0.05, 0) is 83.2 Å². The van der Waals surface area contributed by atoms with Crippen LogP contribution in [0.2, 0.25) is 0 Å². The SMILES string of the molecule is COc1cc([N+](=O)[O-])c2ncc([C]3[CH][CH][CH][C]3CN(C)C)cc2c1.[CH]1[CH][CH][CH][CH]1.[Fe+2]. The monoisotopic (exact) mass is 445 g/mol. The van der Waals surface area contributed by atoms with E-state index in [4.69, 9.17) is 4.74 Å². The zero-order valence-corrected chi connectivity index (χ0v) is 18.2. The number of hydrogen-bond donors (Lipinski definition) is 0. The topological polar surface area (TPSA) is 68.5 Å². The number of aromatic nitrogens is 1. The van der Waals surface area contributed by atoms with Crippen LogP contribution in [0.5, 0.6) is 5.75 Å². The summed E-state index contributed by atoms with van der Waals surface area (Å²) in [5.41, 5.74) is 1.25. The molecule has 2 aliphatic rings. The fourth-order valence-electron chi connectivity index (χ4n) is 3.15. The predicted molar refractivity (Wildman–Crippen MR) is 113 cm³/mol. The van der Waals surface area contributed by atoms with Gasteiger partial charge in [-0.1, -0.05) is 0 Å². The van der Waals surface area contributed by atoms with E-state index >= 15 is 0 Å². The third-order valence-corrected chi connectivity index (χ3v) is 4.43. The second-order valence-electron chi connectivity index (χ2n) is 6.86. The summed E-state index contributed by atoms with van der Waals surface area (Å²) in [6.07, 6.45) is 17.8. The van der Waals surface area contributed by atoms with E-state index in [0.29, 0.717) is 16.7 Å². The van der Waals surface area contributed by atoms with Gasteiger partial charge in [0.05, 0.1) is 18.1 Å². The molecule has 0 amide bonds. The van der Waals surface area contributed by atoms with E-state index in [0.717, 1.165) is 18.0 Å². The quantitative estimate of drug-likeness (QED) is 0.397. The molecule has 4 rings (SSSR count). The van der Waals surface area contributed by atoms with E-state index in [1.807, 2.05) is 65.1 Å². The van der Waals surface area contributed by atoms with Crippen LogP contribution in [-0.2, 0) is 17.1 Å². The van der Waals surface area contributed by atoms with Gasteiger partial charge in [-0.2, -0.15) is 0 Å². The molecule has 2 fully saturated rings. The van der Waals surface area contributed by atoms with Crippen molar-refractivity contribution in [3.8, 4) is 5.75 Å². The Balaban J connectivity index is 0.000000468. The number of nitro benzene ring substituents is 1. The zero-order valence-electron chi connectivity index (χ0n) is 17.1. The molecule has 2 saturated carbocycles. The van der Waals surface area contributed by atoms with E-state index < -0.39 is 4.92 Å². The second kappa shape index (κ2) is 11.6. The van der Waals surface area contributed by atoms with Gasteiger partial charge < -0.3 is 9.64 Å². The molecule has 0 atom stereocenters. The number of methoxy groups -OCH3 is 1. The first-order valence-electron chi connectivity index (χ1n) is 9.18. The number of nitrogens with zero attached hydrogens (tertiary/aromatic N) is 3. The van der Waals surface area contributed by atoms with Gasteiger partial charge in [-0.15, -0.1) is 0 Å². The summed E-state index contributed by atoms with van der Waals surface area (Å²) in [7, 11) is 5.53. The minimum absolute atomic E-state index is 0. The van der Waals surface area contributed by atoms with Crippen LogP contribution >= 0.6 is 0 Å². The van der Waals surface area contributed by atoms with E-state index in [1.54, 1.807) is 12.3 Å². The van der Waals surface area contributed by atoms with E-state index in [9.17, 15) is 10.1 Å². The predicted octanol–water partition coefficient (Wildman–Crippen LogP) is 3.86. The minimum Gasteiger partial charge on any atom is -0.496 e. The molecular formula is C23H23FeN3O3+2. The Morgan fingerprint density at radius 3 is 2.27 bits per heavy atom. The van der Waals surface area contributed by atoms with Crippen LogP contribution in [0.3, 0.4) is 0 Å². The van der Waals surface area contributed by atoms with Gasteiger partial charge in [0.1, 0.15) is 11.3 Å². The summed E-state index contributed by atoms with van der Waals surface area (Å²) in [6, 6.07) is 5.09. The van der Waals surface area contributed by atoms with E-state index in [1.165, 1.54) is 19.1 Å². The largest absolute Gasteiger partial charge is 2.00 e. The van der Waals surface area contributed by atoms with E-state index in [2.05, 4.69) is 16.3 Å². The number of ether oxygens (including phenoxy) is 1. The molecule has 0 bridgehead atoms. The standard InChI is InChI=1S/C18H18N3O3.C5H5.Fe/c1-20(2)11-12-5-4-6-16(12)14-7-13-8-15(24-3)9-17(21(22)23)18(13)19-10-14;1-2-4-5-3-1;/h4-10H,11H2,1-3H3;1-5H;/q;;+2. The van der Waals surface area contributed by atoms with Gasteiger partial charge in [0.15, 0.2) is 0 Å². The molecule has 30 heavy (non-hydrogen) atoms. The average Bonchev–Trinajstić information content (AvgIpc) is 3.41. The Bertz CT molecular complexity index is 832. The van der Waals surface area contributed by atoms with Crippen LogP contribution in [0, 0.1) is 73.3 Å². The normalized spacial score (nSPS) is 16.9. The van der Waals surface area contributed by atoms with Gasteiger partial charge in [-0.25, -0.2) is 4.98 Å². The van der Waals surface area contributed by atoms with Crippen LogP contribution in [0.15, 0.2) is 24.4 Å². The third-order valence-electron chi connectivity index (χ3n) is 4.43. The van der Waals surface area contributed by atoms with Crippen LogP contribution < -0.4 is 4.74 Å². The molecule has 1 heterocycles. The van der Waals surface area contributed by atoms with Crippen molar-refractivity contribution in [3.05, 3.63) is 103 Å². The number of rotatable bonds is 5. The molecule has 0 saturated heterocycles. The Morgan fingerprint density at radius 1 is 1.03 bits per heavy atom. The Morgan fingerprint density at radius 2 is 1.70 bits per heavy atom. The van der Waals surface area contributed by atoms with Crippen molar-refractivity contribution in [3.63, 3.8) is 0 Å². The summed E-state index contributed by atoms with van der Waals surface area (Å²) < 4.78 is 5.18. The molecule has 0 unspecified atom stereocenters. The fourth-order valence-corrected chi connectivity index (χ4v) is 3.15. The Labute approximate surface area is 190 Å². The summed E-state index contributed by atoms with van der Waals surface area (Å²) in [6.45, 7) is 0.818. The molecular weight excluding hydrogens is 422 g/mol. The molecule has 0 N–H and O–H groups in total. The summed E-state index contributed by atoms with van der Waals surface area (Å²) in [5.74, 6) is 2.73. The van der Waals surface area contributed by atoms with Crippen molar-refractivity contribution in [2.75, 3.05) is 27.7 Å². The van der Waals surface area contributed by atoms with Crippen molar-refractivity contribution in [2.24, 2.45) is 0 Å². The van der Waals surface area contributed by atoms with Gasteiger partial charge in [0.25, 0.3) is 5.69 Å². The molecule has 2 aromatic rings. The minimum atomic E-state index is -0.433. The molecule has 0 aliphatic heterocycles. The maximum absolute atomic E-state index is 11.3. The van der Waals surface area contributed by atoms with Crippen LogP contribution in [0.4, 0.5) is 5.69 Å². The van der Waals surface area contributed by atoms with Crippen molar-refractivity contribution in [2.45, 2.75) is 0 Å². The molecule has 10 radical (unpaired) electrons. The number of non-ortho nitro benzene ring substituents is 1. The van der Waals surface area contributed by atoms with Gasteiger partial charge in [0, 0.05) is 30.0 Å². The van der Waals surface area contributed by atoms with Gasteiger partial charge >= 0.3 is 17.1 Å². The third kappa shape index (κ3) is 6.16. The Hall–Kier alpha value is -1.69. The number of nitro groups is 1. The molecule has 6 nitrogen and oxygen atoms in total. The molecule has 0 spiro atoms. The van der Waals surface area contributed by atoms with Crippen LogP contribution in [-0.4, -0.2) is 42.6 Å². The first-order chi connectivity index (χ1) is 14.0. The van der Waals surface area contributed by atoms with Gasteiger partial charge in [0.2, 0.25) is 0 Å². The second-order valence-corrected chi connectivity index (χ2v) is 6.86. The number of pyridine rings is 1. The smallest absolute Gasteiger partial charge is 0.496 e. The number of benzene rings is 1. The van der Waals surface area contributed by atoms with Crippen molar-refractivity contribution in [1.29, 1.82) is 0 Å². The number of fused-ring (bicyclic) bond motifs is 1. The molecule has 154 valence electrons. The number of hydrogen-bond acceptors (Lipinski definition) is 5. The fraction of sp³-hybridized carbons (Fsp3) is 0.174. The maximum Gasteiger partial charge on any atom is 2.00 e. The van der Waals surface area contributed by atoms with E-state index in [-0.39, 0.29) is 22.8 Å². The van der Waals surface area contributed by atoms with Crippen LogP contribution in [0.25, 0.3) is 10.9 Å². The molecule has 1 aromatic carbocycles. The summed E-state index contributed by atoms with van der Waals surface area (Å²) in [4.78, 5) is 17.3. The molecule has 7 heteroatoms. The Kier molecular flexibility index (Phi) is 9.53. The van der Waals surface area contributed by atoms with Crippen molar-refractivity contribution >= 4 is 16.6 Å². The van der Waals surface area contributed by atoms with Crippen molar-refractivity contribution < 1.29 is 26.7 Å². The molecule has 2 aliphatic carbocycles. The van der Waals surface area contributed by atoms with Gasteiger partial charge in [-0.3, -0.25) is 10.1 Å². The summed E-state index contributed by atoms with van der Waals surface area (Å²) >= 11 is 0. The van der Waals surface area contributed by atoms with Crippen molar-refractivity contribution in [1.82, 2.24) is 9.88 Å². The average molecular weight is 445 g/mol. The van der Waals surface area contributed by atoms with Crippen LogP contribution in [0.1, 0.15) is 5.56 Å². The first-order valence-corrected chi connectivity index (χ1v) is 9.18. The summed E-state index contributed by atoms with van der Waals surface area (Å²) in [5, 5.41) is 12.0. The molecule has 1 aromatic heterocycles. The maximum atomic E-state index is 11.3. The zero-order chi connectivity index (χ0) is 20.8. The first kappa shape index (κ1) is 24.6.